The van der Waals surface area contributed by atoms with Crippen molar-refractivity contribution in [3.05, 3.63) is 21.9 Å². The minimum Gasteiger partial charge on any atom is -0.296 e. The molecule has 0 amide bonds. The molecule has 1 unspecified atom stereocenters. The van der Waals surface area contributed by atoms with Crippen LogP contribution in [0.1, 0.15) is 23.6 Å². The van der Waals surface area contributed by atoms with Crippen molar-refractivity contribution >= 4 is 11.3 Å². The number of aryl methyl sites for hydroxylation is 1. The first kappa shape index (κ1) is 13.5. The molecule has 0 spiro atoms. The van der Waals surface area contributed by atoms with Gasteiger partial charge in [-0.15, -0.1) is 11.3 Å². The molecule has 1 aromatic heterocycles. The summed E-state index contributed by atoms with van der Waals surface area (Å²) in [6, 6.07) is 6.88. The molecule has 3 nitrogen and oxygen atoms in total. The van der Waals surface area contributed by atoms with Crippen LogP contribution in [0.4, 0.5) is 0 Å². The Morgan fingerprint density at radius 1 is 1.28 bits per heavy atom. The average molecular weight is 263 g/mol. The van der Waals surface area contributed by atoms with Crippen molar-refractivity contribution in [2.75, 3.05) is 26.2 Å². The highest BCUT2D eigenvalue weighted by Crippen LogP contribution is 2.19. The highest BCUT2D eigenvalue weighted by molar-refractivity contribution is 7.11. The minimum atomic E-state index is 0.0561. The largest absolute Gasteiger partial charge is 0.296 e. The van der Waals surface area contributed by atoms with Crippen molar-refractivity contribution in [1.29, 1.82) is 5.26 Å². The van der Waals surface area contributed by atoms with E-state index in [4.69, 9.17) is 5.26 Å². The third-order valence-corrected chi connectivity index (χ3v) is 4.80. The van der Waals surface area contributed by atoms with Gasteiger partial charge in [0.2, 0.25) is 0 Å². The van der Waals surface area contributed by atoms with Crippen LogP contribution >= 0.6 is 11.3 Å². The van der Waals surface area contributed by atoms with Gasteiger partial charge in [0.25, 0.3) is 0 Å². The van der Waals surface area contributed by atoms with E-state index in [1.165, 1.54) is 9.75 Å². The molecular formula is C14H21N3S. The van der Waals surface area contributed by atoms with Crippen LogP contribution in [-0.2, 0) is 13.0 Å². The first-order valence-corrected chi connectivity index (χ1v) is 7.48. The van der Waals surface area contributed by atoms with Crippen molar-refractivity contribution in [1.82, 2.24) is 9.80 Å². The number of piperazine rings is 1. The van der Waals surface area contributed by atoms with E-state index in [9.17, 15) is 0 Å². The average Bonchev–Trinajstić information content (AvgIpc) is 2.86. The number of rotatable bonds is 4. The van der Waals surface area contributed by atoms with Crippen LogP contribution in [0.5, 0.6) is 0 Å². The van der Waals surface area contributed by atoms with E-state index in [-0.39, 0.29) is 6.04 Å². The first-order chi connectivity index (χ1) is 8.72. The van der Waals surface area contributed by atoms with Gasteiger partial charge in [-0.2, -0.15) is 5.26 Å². The molecule has 0 N–H and O–H groups in total. The zero-order chi connectivity index (χ0) is 13.0. The molecule has 98 valence electrons. The van der Waals surface area contributed by atoms with E-state index in [1.54, 1.807) is 0 Å². The molecule has 4 heteroatoms. The Hall–Kier alpha value is -0.890. The Morgan fingerprint density at radius 3 is 2.50 bits per heavy atom. The molecule has 1 saturated heterocycles. The molecule has 2 heterocycles. The van der Waals surface area contributed by atoms with Crippen molar-refractivity contribution in [3.8, 4) is 6.07 Å². The predicted molar refractivity (Wildman–Crippen MR) is 75.6 cm³/mol. The van der Waals surface area contributed by atoms with Gasteiger partial charge in [-0.05, 0) is 25.5 Å². The summed E-state index contributed by atoms with van der Waals surface area (Å²) in [5, 5.41) is 8.91. The van der Waals surface area contributed by atoms with E-state index in [2.05, 4.69) is 34.9 Å². The van der Waals surface area contributed by atoms with Gasteiger partial charge in [0.05, 0.1) is 12.1 Å². The van der Waals surface area contributed by atoms with E-state index in [1.807, 2.05) is 18.3 Å². The standard InChI is InChI=1S/C14H21N3S/c1-3-13-4-5-14(18-13)11-16-6-8-17(9-7-16)12(2)10-15/h4-5,12H,3,6-9,11H2,1-2H3. The monoisotopic (exact) mass is 263 g/mol. The summed E-state index contributed by atoms with van der Waals surface area (Å²) in [4.78, 5) is 7.70. The normalized spacial score (nSPS) is 19.6. The molecule has 18 heavy (non-hydrogen) atoms. The van der Waals surface area contributed by atoms with Gasteiger partial charge in [-0.25, -0.2) is 0 Å². The molecule has 0 aromatic carbocycles. The summed E-state index contributed by atoms with van der Waals surface area (Å²) in [5.74, 6) is 0. The van der Waals surface area contributed by atoms with Crippen LogP contribution in [0.2, 0.25) is 0 Å². The summed E-state index contributed by atoms with van der Waals surface area (Å²) in [6.07, 6.45) is 1.14. The molecule has 1 aromatic rings. The van der Waals surface area contributed by atoms with E-state index >= 15 is 0 Å². The predicted octanol–water partition coefficient (Wildman–Crippen LogP) is 2.34. The molecule has 2 rings (SSSR count). The van der Waals surface area contributed by atoms with Gasteiger partial charge in [-0.3, -0.25) is 9.80 Å². The number of nitriles is 1. The molecule has 1 atom stereocenters. The number of hydrogen-bond donors (Lipinski definition) is 0. The summed E-state index contributed by atoms with van der Waals surface area (Å²) in [7, 11) is 0. The molecule has 0 radical (unpaired) electrons. The lowest BCUT2D eigenvalue weighted by Gasteiger charge is -2.35. The Balaban J connectivity index is 1.82. The summed E-state index contributed by atoms with van der Waals surface area (Å²) >= 11 is 1.93. The van der Waals surface area contributed by atoms with Gasteiger partial charge < -0.3 is 0 Å². The maximum absolute atomic E-state index is 8.91. The molecule has 0 aliphatic carbocycles. The van der Waals surface area contributed by atoms with Gasteiger partial charge in [0.1, 0.15) is 0 Å². The fourth-order valence-electron chi connectivity index (χ4n) is 2.31. The quantitative estimate of drug-likeness (QED) is 0.835. The van der Waals surface area contributed by atoms with Gasteiger partial charge in [0.15, 0.2) is 0 Å². The zero-order valence-electron chi connectivity index (χ0n) is 11.2. The second-order valence-corrected chi connectivity index (χ2v) is 6.09. The Morgan fingerprint density at radius 2 is 1.94 bits per heavy atom. The summed E-state index contributed by atoms with van der Waals surface area (Å²) < 4.78 is 0. The number of thiophene rings is 1. The van der Waals surface area contributed by atoms with Crippen LogP contribution in [0.15, 0.2) is 12.1 Å². The van der Waals surface area contributed by atoms with E-state index < -0.39 is 0 Å². The topological polar surface area (TPSA) is 30.3 Å². The molecular weight excluding hydrogens is 242 g/mol. The molecule has 1 aliphatic heterocycles. The van der Waals surface area contributed by atoms with Crippen LogP contribution in [0.3, 0.4) is 0 Å². The van der Waals surface area contributed by atoms with Gasteiger partial charge in [0, 0.05) is 42.5 Å². The molecule has 1 aliphatic rings. The lowest BCUT2D eigenvalue weighted by molar-refractivity contribution is 0.115. The number of hydrogen-bond acceptors (Lipinski definition) is 4. The zero-order valence-corrected chi connectivity index (χ0v) is 12.0. The Labute approximate surface area is 114 Å². The van der Waals surface area contributed by atoms with Crippen LogP contribution in [-0.4, -0.2) is 42.0 Å². The fourth-order valence-corrected chi connectivity index (χ4v) is 3.31. The lowest BCUT2D eigenvalue weighted by atomic mass is 10.2. The number of nitrogens with zero attached hydrogens (tertiary/aromatic N) is 3. The lowest BCUT2D eigenvalue weighted by Crippen LogP contribution is -2.48. The maximum Gasteiger partial charge on any atom is 0.0950 e. The second-order valence-electron chi connectivity index (χ2n) is 4.84. The van der Waals surface area contributed by atoms with Crippen molar-refractivity contribution in [2.24, 2.45) is 0 Å². The van der Waals surface area contributed by atoms with Crippen LogP contribution < -0.4 is 0 Å². The highest BCUT2D eigenvalue weighted by atomic mass is 32.1. The van der Waals surface area contributed by atoms with Gasteiger partial charge in [-0.1, -0.05) is 6.92 Å². The molecule has 0 saturated carbocycles. The maximum atomic E-state index is 8.91. The molecule has 1 fully saturated rings. The third kappa shape index (κ3) is 3.32. The SMILES string of the molecule is CCc1ccc(CN2CCN(C(C)C#N)CC2)s1. The highest BCUT2D eigenvalue weighted by Gasteiger charge is 2.20. The smallest absolute Gasteiger partial charge is 0.0950 e. The van der Waals surface area contributed by atoms with E-state index in [0.717, 1.165) is 39.1 Å². The van der Waals surface area contributed by atoms with E-state index in [0.29, 0.717) is 0 Å². The van der Waals surface area contributed by atoms with Crippen LogP contribution in [0.25, 0.3) is 0 Å². The van der Waals surface area contributed by atoms with Crippen molar-refractivity contribution in [3.63, 3.8) is 0 Å². The van der Waals surface area contributed by atoms with Crippen LogP contribution in [0, 0.1) is 11.3 Å². The summed E-state index contributed by atoms with van der Waals surface area (Å²) in [5.41, 5.74) is 0. The van der Waals surface area contributed by atoms with Crippen molar-refractivity contribution in [2.45, 2.75) is 32.9 Å². The molecule has 0 bridgehead atoms. The van der Waals surface area contributed by atoms with Crippen molar-refractivity contribution < 1.29 is 0 Å². The Bertz CT molecular complexity index is 413. The fraction of sp³-hybridized carbons (Fsp3) is 0.643. The summed E-state index contributed by atoms with van der Waals surface area (Å²) in [6.45, 7) is 9.44. The first-order valence-electron chi connectivity index (χ1n) is 6.66. The third-order valence-electron chi connectivity index (χ3n) is 3.59. The minimum absolute atomic E-state index is 0.0561. The second kappa shape index (κ2) is 6.33. The Kier molecular flexibility index (Phi) is 4.76. The van der Waals surface area contributed by atoms with Gasteiger partial charge >= 0.3 is 0 Å².